The van der Waals surface area contributed by atoms with Crippen LogP contribution in [-0.2, 0) is 14.8 Å². The largest absolute Gasteiger partial charge is 0.327 e. The summed E-state index contributed by atoms with van der Waals surface area (Å²) in [5, 5.41) is 2.61. The number of nitrogens with two attached hydrogens (primary N) is 1. The van der Waals surface area contributed by atoms with Crippen molar-refractivity contribution >= 4 is 21.6 Å². The summed E-state index contributed by atoms with van der Waals surface area (Å²) in [4.78, 5) is 11.2. The first-order valence-electron chi connectivity index (χ1n) is 6.94. The molecule has 21 heavy (non-hydrogen) atoms. The van der Waals surface area contributed by atoms with E-state index in [1.54, 1.807) is 12.1 Å². The molecule has 1 aliphatic heterocycles. The third-order valence-corrected chi connectivity index (χ3v) is 5.63. The van der Waals surface area contributed by atoms with Crippen LogP contribution in [0.2, 0.25) is 0 Å². The van der Waals surface area contributed by atoms with E-state index in [2.05, 4.69) is 5.32 Å². The molecule has 1 fully saturated rings. The Morgan fingerprint density at radius 2 is 1.95 bits per heavy atom. The minimum Gasteiger partial charge on any atom is -0.327 e. The van der Waals surface area contributed by atoms with E-state index in [4.69, 9.17) is 5.73 Å². The van der Waals surface area contributed by atoms with E-state index in [9.17, 15) is 13.2 Å². The van der Waals surface area contributed by atoms with Gasteiger partial charge in [-0.2, -0.15) is 4.31 Å². The number of hydrogen-bond donors (Lipinski definition) is 2. The maximum atomic E-state index is 12.6. The standard InChI is InChI=1S/C14H21N3O3S/c1-10-9-17(8-7-14(10)15)21(19,20)13-5-3-12(4-6-13)16-11(2)18/h3-6,10,14H,7-9,15H2,1-2H3,(H,16,18). The van der Waals surface area contributed by atoms with Gasteiger partial charge in [-0.05, 0) is 36.6 Å². The molecule has 0 radical (unpaired) electrons. The second-order valence-corrected chi connectivity index (χ2v) is 7.44. The van der Waals surface area contributed by atoms with Crippen molar-refractivity contribution < 1.29 is 13.2 Å². The van der Waals surface area contributed by atoms with Crippen LogP contribution < -0.4 is 11.1 Å². The summed E-state index contributed by atoms with van der Waals surface area (Å²) < 4.78 is 26.6. The van der Waals surface area contributed by atoms with Crippen LogP contribution in [0.25, 0.3) is 0 Å². The van der Waals surface area contributed by atoms with Gasteiger partial charge in [-0.15, -0.1) is 0 Å². The van der Waals surface area contributed by atoms with Crippen LogP contribution in [0.1, 0.15) is 20.3 Å². The predicted molar refractivity (Wildman–Crippen MR) is 81.3 cm³/mol. The van der Waals surface area contributed by atoms with Gasteiger partial charge in [-0.1, -0.05) is 6.92 Å². The first kappa shape index (κ1) is 15.9. The molecule has 1 heterocycles. The Labute approximate surface area is 125 Å². The zero-order valence-electron chi connectivity index (χ0n) is 12.2. The Balaban J connectivity index is 2.18. The van der Waals surface area contributed by atoms with Crippen LogP contribution in [0.15, 0.2) is 29.2 Å². The fourth-order valence-corrected chi connectivity index (χ4v) is 3.96. The quantitative estimate of drug-likeness (QED) is 0.871. The number of rotatable bonds is 3. The van der Waals surface area contributed by atoms with E-state index in [0.717, 1.165) is 0 Å². The molecule has 0 aliphatic carbocycles. The number of amides is 1. The number of nitrogens with zero attached hydrogens (tertiary/aromatic N) is 1. The highest BCUT2D eigenvalue weighted by Gasteiger charge is 2.31. The molecule has 1 aromatic rings. The molecule has 1 amide bonds. The van der Waals surface area contributed by atoms with E-state index >= 15 is 0 Å². The minimum atomic E-state index is -3.50. The smallest absolute Gasteiger partial charge is 0.243 e. The van der Waals surface area contributed by atoms with Crippen molar-refractivity contribution in [2.45, 2.75) is 31.2 Å². The maximum absolute atomic E-state index is 12.6. The average molecular weight is 311 g/mol. The van der Waals surface area contributed by atoms with Gasteiger partial charge in [0.2, 0.25) is 15.9 Å². The van der Waals surface area contributed by atoms with Gasteiger partial charge in [0.05, 0.1) is 4.90 Å². The molecule has 6 nitrogen and oxygen atoms in total. The Bertz CT molecular complexity index is 613. The first-order chi connectivity index (χ1) is 9.80. The number of piperidine rings is 1. The molecule has 2 atom stereocenters. The molecule has 116 valence electrons. The molecular formula is C14H21N3O3S. The monoisotopic (exact) mass is 311 g/mol. The van der Waals surface area contributed by atoms with Crippen LogP contribution in [0.5, 0.6) is 0 Å². The SMILES string of the molecule is CC(=O)Nc1ccc(S(=O)(=O)N2CCC(N)C(C)C2)cc1. The van der Waals surface area contributed by atoms with Crippen molar-refractivity contribution in [3.05, 3.63) is 24.3 Å². The van der Waals surface area contributed by atoms with Gasteiger partial charge in [0.25, 0.3) is 0 Å². The fraction of sp³-hybridized carbons (Fsp3) is 0.500. The molecule has 1 aromatic carbocycles. The summed E-state index contributed by atoms with van der Waals surface area (Å²) in [5.74, 6) is -0.0448. The lowest BCUT2D eigenvalue weighted by Crippen LogP contribution is -2.48. The van der Waals surface area contributed by atoms with E-state index in [-0.39, 0.29) is 22.8 Å². The van der Waals surface area contributed by atoms with Gasteiger partial charge in [0.1, 0.15) is 0 Å². The Morgan fingerprint density at radius 1 is 1.33 bits per heavy atom. The van der Waals surface area contributed by atoms with Crippen molar-refractivity contribution in [2.75, 3.05) is 18.4 Å². The van der Waals surface area contributed by atoms with Crippen LogP contribution in [0.3, 0.4) is 0 Å². The Kier molecular flexibility index (Phi) is 4.65. The van der Waals surface area contributed by atoms with Crippen molar-refractivity contribution in [2.24, 2.45) is 11.7 Å². The van der Waals surface area contributed by atoms with E-state index in [1.807, 2.05) is 6.92 Å². The summed E-state index contributed by atoms with van der Waals surface area (Å²) in [6.45, 7) is 4.26. The van der Waals surface area contributed by atoms with Gasteiger partial charge in [-0.25, -0.2) is 8.42 Å². The van der Waals surface area contributed by atoms with Gasteiger partial charge < -0.3 is 11.1 Å². The summed E-state index contributed by atoms with van der Waals surface area (Å²) in [5.41, 5.74) is 6.51. The molecule has 0 saturated carbocycles. The molecule has 2 unspecified atom stereocenters. The lowest BCUT2D eigenvalue weighted by atomic mass is 9.96. The summed E-state index contributed by atoms with van der Waals surface area (Å²) in [7, 11) is -3.50. The first-order valence-corrected chi connectivity index (χ1v) is 8.38. The highest BCUT2D eigenvalue weighted by molar-refractivity contribution is 7.89. The zero-order valence-corrected chi connectivity index (χ0v) is 13.1. The highest BCUT2D eigenvalue weighted by Crippen LogP contribution is 2.24. The van der Waals surface area contributed by atoms with Gasteiger partial charge in [0, 0.05) is 31.7 Å². The van der Waals surface area contributed by atoms with E-state index in [0.29, 0.717) is 25.2 Å². The Hall–Kier alpha value is -1.44. The number of hydrogen-bond acceptors (Lipinski definition) is 4. The molecule has 2 rings (SSSR count). The summed E-state index contributed by atoms with van der Waals surface area (Å²) in [6, 6.07) is 6.26. The van der Waals surface area contributed by atoms with Crippen molar-refractivity contribution in [1.82, 2.24) is 4.31 Å². The van der Waals surface area contributed by atoms with Crippen molar-refractivity contribution in [3.8, 4) is 0 Å². The number of sulfonamides is 1. The third-order valence-electron chi connectivity index (χ3n) is 3.75. The second kappa shape index (κ2) is 6.13. The zero-order chi connectivity index (χ0) is 15.6. The van der Waals surface area contributed by atoms with Gasteiger partial charge in [-0.3, -0.25) is 4.79 Å². The van der Waals surface area contributed by atoms with Crippen LogP contribution in [0, 0.1) is 5.92 Å². The molecule has 1 saturated heterocycles. The minimum absolute atomic E-state index is 0.0543. The van der Waals surface area contributed by atoms with Crippen molar-refractivity contribution in [3.63, 3.8) is 0 Å². The molecule has 0 aromatic heterocycles. The molecule has 7 heteroatoms. The average Bonchev–Trinajstić information content (AvgIpc) is 2.41. The number of benzene rings is 1. The normalized spacial score (nSPS) is 23.8. The topological polar surface area (TPSA) is 92.5 Å². The summed E-state index contributed by atoms with van der Waals surface area (Å²) >= 11 is 0. The maximum Gasteiger partial charge on any atom is 0.243 e. The molecular weight excluding hydrogens is 290 g/mol. The molecule has 0 spiro atoms. The Morgan fingerprint density at radius 3 is 2.48 bits per heavy atom. The van der Waals surface area contributed by atoms with E-state index in [1.165, 1.54) is 23.4 Å². The highest BCUT2D eigenvalue weighted by atomic mass is 32.2. The third kappa shape index (κ3) is 3.61. The number of carbonyl (C=O) groups is 1. The molecule has 3 N–H and O–H groups in total. The number of nitrogens with one attached hydrogen (secondary N) is 1. The van der Waals surface area contributed by atoms with Crippen molar-refractivity contribution in [1.29, 1.82) is 0 Å². The number of carbonyl (C=O) groups excluding carboxylic acids is 1. The van der Waals surface area contributed by atoms with Crippen LogP contribution >= 0.6 is 0 Å². The number of anilines is 1. The van der Waals surface area contributed by atoms with Gasteiger partial charge >= 0.3 is 0 Å². The molecule has 0 bridgehead atoms. The summed E-state index contributed by atoms with van der Waals surface area (Å²) in [6.07, 6.45) is 0.671. The van der Waals surface area contributed by atoms with Crippen LogP contribution in [-0.4, -0.2) is 37.8 Å². The second-order valence-electron chi connectivity index (χ2n) is 5.50. The lowest BCUT2D eigenvalue weighted by Gasteiger charge is -2.34. The fourth-order valence-electron chi connectivity index (χ4n) is 2.41. The van der Waals surface area contributed by atoms with Crippen LogP contribution in [0.4, 0.5) is 5.69 Å². The molecule has 1 aliphatic rings. The van der Waals surface area contributed by atoms with Gasteiger partial charge in [0.15, 0.2) is 0 Å². The predicted octanol–water partition coefficient (Wildman–Crippen LogP) is 1.00. The lowest BCUT2D eigenvalue weighted by molar-refractivity contribution is -0.114. The van der Waals surface area contributed by atoms with E-state index < -0.39 is 10.0 Å².